The quantitative estimate of drug-likeness (QED) is 0.666. The Bertz CT molecular complexity index is 741. The van der Waals surface area contributed by atoms with Gasteiger partial charge >= 0.3 is 0 Å². The monoisotopic (exact) mass is 316 g/mol. The van der Waals surface area contributed by atoms with Crippen molar-refractivity contribution < 1.29 is 4.39 Å². The molecule has 0 radical (unpaired) electrons. The predicted octanol–water partition coefficient (Wildman–Crippen LogP) is 4.14. The Labute approximate surface area is 132 Å². The number of aliphatic imine (C=N–C) groups is 1. The van der Waals surface area contributed by atoms with E-state index in [1.807, 2.05) is 30.5 Å². The number of nitrogens with zero attached hydrogens (tertiary/aromatic N) is 1. The molecule has 0 saturated carbocycles. The van der Waals surface area contributed by atoms with Crippen LogP contribution in [0.1, 0.15) is 11.1 Å². The normalized spacial score (nSPS) is 14.0. The van der Waals surface area contributed by atoms with Gasteiger partial charge in [0.1, 0.15) is 10.8 Å². The number of hydrogen-bond donors (Lipinski definition) is 1. The molecule has 0 aromatic heterocycles. The molecule has 0 bridgehead atoms. The zero-order valence-electron chi connectivity index (χ0n) is 11.4. The Hall–Kier alpha value is -1.72. The first-order chi connectivity index (χ1) is 10.2. The zero-order valence-corrected chi connectivity index (χ0v) is 13.0. The van der Waals surface area contributed by atoms with E-state index in [1.165, 1.54) is 6.07 Å². The minimum Gasteiger partial charge on any atom is -0.348 e. The first-order valence-corrected chi connectivity index (χ1v) is 8.10. The summed E-state index contributed by atoms with van der Waals surface area (Å²) in [5.41, 5.74) is 2.90. The molecule has 0 aliphatic carbocycles. The van der Waals surface area contributed by atoms with Crippen LogP contribution in [-0.2, 0) is 0 Å². The summed E-state index contributed by atoms with van der Waals surface area (Å²) in [5, 5.41) is 3.18. The molecule has 2 aromatic rings. The molecule has 0 fully saturated rings. The molecule has 21 heavy (non-hydrogen) atoms. The number of thioether (sulfide) groups is 1. The molecule has 3 rings (SSSR count). The van der Waals surface area contributed by atoms with Crippen molar-refractivity contribution in [1.82, 2.24) is 0 Å². The Morgan fingerprint density at radius 2 is 2.00 bits per heavy atom. The van der Waals surface area contributed by atoms with Crippen LogP contribution < -0.4 is 5.32 Å². The smallest absolute Gasteiger partial charge is 0.132 e. The van der Waals surface area contributed by atoms with E-state index in [0.29, 0.717) is 22.8 Å². The fourth-order valence-corrected chi connectivity index (χ4v) is 2.88. The number of benzodiazepines with no additional fused rings is 1. The Kier molecular flexibility index (Phi) is 4.03. The van der Waals surface area contributed by atoms with E-state index in [4.69, 9.17) is 12.2 Å². The van der Waals surface area contributed by atoms with Crippen molar-refractivity contribution in [3.63, 3.8) is 0 Å². The maximum atomic E-state index is 14.1. The molecule has 106 valence electrons. The zero-order chi connectivity index (χ0) is 14.8. The lowest BCUT2D eigenvalue weighted by atomic mass is 10.00. The van der Waals surface area contributed by atoms with Crippen LogP contribution in [0.2, 0.25) is 0 Å². The van der Waals surface area contributed by atoms with Crippen molar-refractivity contribution in [2.24, 2.45) is 4.99 Å². The topological polar surface area (TPSA) is 24.4 Å². The van der Waals surface area contributed by atoms with Crippen molar-refractivity contribution >= 4 is 40.4 Å². The van der Waals surface area contributed by atoms with E-state index in [0.717, 1.165) is 16.1 Å². The van der Waals surface area contributed by atoms with E-state index in [9.17, 15) is 4.39 Å². The Morgan fingerprint density at radius 1 is 1.19 bits per heavy atom. The second kappa shape index (κ2) is 5.95. The van der Waals surface area contributed by atoms with E-state index in [2.05, 4.69) is 10.3 Å². The van der Waals surface area contributed by atoms with Gasteiger partial charge in [-0.15, -0.1) is 11.8 Å². The van der Waals surface area contributed by atoms with Gasteiger partial charge in [0.05, 0.1) is 12.3 Å². The molecular formula is C16H13FN2S2. The summed E-state index contributed by atoms with van der Waals surface area (Å²) in [7, 11) is 0. The largest absolute Gasteiger partial charge is 0.348 e. The van der Waals surface area contributed by atoms with Crippen LogP contribution in [0.15, 0.2) is 52.4 Å². The summed E-state index contributed by atoms with van der Waals surface area (Å²) in [4.78, 5) is 6.26. The highest BCUT2D eigenvalue weighted by Gasteiger charge is 2.19. The Balaban J connectivity index is 2.21. The van der Waals surface area contributed by atoms with Gasteiger partial charge in [-0.3, -0.25) is 4.99 Å². The maximum absolute atomic E-state index is 14.1. The first-order valence-electron chi connectivity index (χ1n) is 6.46. The van der Waals surface area contributed by atoms with Crippen LogP contribution in [0.3, 0.4) is 0 Å². The number of benzene rings is 2. The molecule has 2 aromatic carbocycles. The summed E-state index contributed by atoms with van der Waals surface area (Å²) in [6.45, 7) is 0.363. The molecule has 0 atom stereocenters. The van der Waals surface area contributed by atoms with Gasteiger partial charge in [0.25, 0.3) is 0 Å². The molecule has 0 unspecified atom stereocenters. The lowest BCUT2D eigenvalue weighted by Crippen LogP contribution is -2.11. The van der Waals surface area contributed by atoms with Gasteiger partial charge in [0.2, 0.25) is 0 Å². The number of nitrogens with one attached hydrogen (secondary N) is 1. The van der Waals surface area contributed by atoms with Gasteiger partial charge < -0.3 is 5.32 Å². The molecule has 1 N–H and O–H groups in total. The summed E-state index contributed by atoms with van der Waals surface area (Å²) >= 11 is 6.89. The van der Waals surface area contributed by atoms with Gasteiger partial charge in [0, 0.05) is 21.7 Å². The number of anilines is 1. The van der Waals surface area contributed by atoms with E-state index in [-0.39, 0.29) is 5.82 Å². The SMILES string of the molecule is CSc1ccc2c(c1)C(c1ccccc1F)=NCC(=S)N2. The highest BCUT2D eigenvalue weighted by atomic mass is 32.2. The van der Waals surface area contributed by atoms with E-state index in [1.54, 1.807) is 23.9 Å². The molecule has 0 amide bonds. The highest BCUT2D eigenvalue weighted by Crippen LogP contribution is 2.28. The third-order valence-electron chi connectivity index (χ3n) is 3.27. The summed E-state index contributed by atoms with van der Waals surface area (Å²) in [5.74, 6) is -0.274. The second-order valence-electron chi connectivity index (χ2n) is 4.60. The Morgan fingerprint density at radius 3 is 2.76 bits per heavy atom. The minimum atomic E-state index is -0.274. The van der Waals surface area contributed by atoms with Gasteiger partial charge in [0.15, 0.2) is 0 Å². The van der Waals surface area contributed by atoms with Crippen LogP contribution in [0.4, 0.5) is 10.1 Å². The first kappa shape index (κ1) is 14.2. The number of hydrogen-bond acceptors (Lipinski definition) is 3. The summed E-state index contributed by atoms with van der Waals surface area (Å²) in [6.07, 6.45) is 2.01. The van der Waals surface area contributed by atoms with Crippen molar-refractivity contribution in [3.8, 4) is 0 Å². The molecule has 5 heteroatoms. The summed E-state index contributed by atoms with van der Waals surface area (Å²) in [6, 6.07) is 12.7. The molecule has 1 aliphatic heterocycles. The van der Waals surface area contributed by atoms with E-state index < -0.39 is 0 Å². The fourth-order valence-electron chi connectivity index (χ4n) is 2.26. The molecule has 1 aliphatic rings. The molecule has 0 saturated heterocycles. The van der Waals surface area contributed by atoms with Gasteiger partial charge in [-0.05, 0) is 36.6 Å². The lowest BCUT2D eigenvalue weighted by Gasteiger charge is -2.12. The third kappa shape index (κ3) is 2.84. The minimum absolute atomic E-state index is 0.274. The molecule has 1 heterocycles. The van der Waals surface area contributed by atoms with Crippen LogP contribution in [0, 0.1) is 5.82 Å². The average Bonchev–Trinajstić information content (AvgIpc) is 2.65. The van der Waals surface area contributed by atoms with Crippen LogP contribution >= 0.6 is 24.0 Å². The van der Waals surface area contributed by atoms with E-state index >= 15 is 0 Å². The fraction of sp³-hybridized carbons (Fsp3) is 0.125. The van der Waals surface area contributed by atoms with Crippen LogP contribution in [0.5, 0.6) is 0 Å². The number of halogens is 1. The average molecular weight is 316 g/mol. The predicted molar refractivity (Wildman–Crippen MR) is 91.3 cm³/mol. The van der Waals surface area contributed by atoms with Gasteiger partial charge in [-0.2, -0.15) is 0 Å². The molecular weight excluding hydrogens is 303 g/mol. The van der Waals surface area contributed by atoms with Gasteiger partial charge in [-0.1, -0.05) is 24.4 Å². The molecule has 0 spiro atoms. The van der Waals surface area contributed by atoms with Crippen molar-refractivity contribution in [2.45, 2.75) is 4.90 Å². The number of fused-ring (bicyclic) bond motifs is 1. The third-order valence-corrected chi connectivity index (χ3v) is 4.22. The molecule has 2 nitrogen and oxygen atoms in total. The van der Waals surface area contributed by atoms with Crippen LogP contribution in [0.25, 0.3) is 0 Å². The lowest BCUT2D eigenvalue weighted by molar-refractivity contribution is 0.625. The maximum Gasteiger partial charge on any atom is 0.132 e. The second-order valence-corrected chi connectivity index (χ2v) is 5.98. The van der Waals surface area contributed by atoms with Gasteiger partial charge in [-0.25, -0.2) is 4.39 Å². The van der Waals surface area contributed by atoms with Crippen molar-refractivity contribution in [2.75, 3.05) is 18.1 Å². The summed E-state index contributed by atoms with van der Waals surface area (Å²) < 4.78 is 14.1. The number of thiocarbonyl (C=S) groups is 1. The highest BCUT2D eigenvalue weighted by molar-refractivity contribution is 7.98. The standard InChI is InChI=1S/C16H13FN2S2/c1-21-10-6-7-14-12(8-10)16(18-9-15(20)19-14)11-4-2-3-5-13(11)17/h2-8H,9H2,1H3,(H,19,20). The van der Waals surface area contributed by atoms with Crippen molar-refractivity contribution in [1.29, 1.82) is 0 Å². The van der Waals surface area contributed by atoms with Crippen LogP contribution in [-0.4, -0.2) is 23.5 Å². The number of rotatable bonds is 2. The van der Waals surface area contributed by atoms with Crippen molar-refractivity contribution in [3.05, 3.63) is 59.4 Å².